The van der Waals surface area contributed by atoms with Crippen LogP contribution in [-0.4, -0.2) is 44.8 Å². The van der Waals surface area contributed by atoms with Gasteiger partial charge in [0.05, 0.1) is 17.0 Å². The Bertz CT molecular complexity index is 1070. The molecule has 1 aliphatic rings. The van der Waals surface area contributed by atoms with Crippen LogP contribution in [0.2, 0.25) is 0 Å². The molecule has 1 heterocycles. The maximum atomic E-state index is 12.9. The minimum atomic E-state index is -3.89. The maximum absolute atomic E-state index is 12.9. The first-order valence-corrected chi connectivity index (χ1v) is 10.7. The molecule has 0 unspecified atom stereocenters. The number of amides is 2. The Hall–Kier alpha value is -3.07. The molecule has 0 fully saturated rings. The molecular weight excluding hydrogens is 394 g/mol. The molecule has 9 heteroatoms. The molecule has 2 amide bonds. The number of rotatable bonds is 5. The van der Waals surface area contributed by atoms with E-state index in [1.807, 2.05) is 6.92 Å². The number of hydrogen-bond donors (Lipinski definition) is 2. The molecule has 1 aliphatic heterocycles. The second-order valence-electron chi connectivity index (χ2n) is 6.71. The third-order valence-corrected chi connectivity index (χ3v) is 6.08. The monoisotopic (exact) mass is 417 g/mol. The van der Waals surface area contributed by atoms with Crippen LogP contribution >= 0.6 is 0 Å². The SMILES string of the molecule is CCN1CCOc2ccc(NS(=O)(=O)c3ccc(NC(C)=O)cc3C)cc2C1=O. The van der Waals surface area contributed by atoms with Crippen LogP contribution < -0.4 is 14.8 Å². The maximum Gasteiger partial charge on any atom is 0.262 e. The molecule has 8 nitrogen and oxygen atoms in total. The lowest BCUT2D eigenvalue weighted by Gasteiger charge is -2.17. The average molecular weight is 417 g/mol. The standard InChI is InChI=1S/C20H23N3O5S/c1-4-23-9-10-28-18-7-5-16(12-17(18)20(23)25)22-29(26,27)19-8-6-15(11-13(19)2)21-14(3)24/h5-8,11-12,22H,4,9-10H2,1-3H3,(H,21,24). The molecular formula is C20H23N3O5S. The first kappa shape index (κ1) is 20.7. The number of anilines is 2. The first-order chi connectivity index (χ1) is 13.7. The van der Waals surface area contributed by atoms with E-state index in [0.717, 1.165) is 0 Å². The van der Waals surface area contributed by atoms with E-state index in [4.69, 9.17) is 4.74 Å². The van der Waals surface area contributed by atoms with E-state index in [2.05, 4.69) is 10.0 Å². The summed E-state index contributed by atoms with van der Waals surface area (Å²) in [5, 5.41) is 2.62. The van der Waals surface area contributed by atoms with E-state index >= 15 is 0 Å². The van der Waals surface area contributed by atoms with Gasteiger partial charge in [-0.25, -0.2) is 8.42 Å². The van der Waals surface area contributed by atoms with E-state index in [9.17, 15) is 18.0 Å². The molecule has 154 valence electrons. The third kappa shape index (κ3) is 4.51. The predicted octanol–water partition coefficient (Wildman–Crippen LogP) is 2.61. The van der Waals surface area contributed by atoms with Gasteiger partial charge < -0.3 is 15.0 Å². The number of hydrogen-bond acceptors (Lipinski definition) is 5. The van der Waals surface area contributed by atoms with E-state index in [-0.39, 0.29) is 22.4 Å². The highest BCUT2D eigenvalue weighted by atomic mass is 32.2. The van der Waals surface area contributed by atoms with Crippen molar-refractivity contribution in [1.29, 1.82) is 0 Å². The number of aryl methyl sites for hydroxylation is 1. The Morgan fingerprint density at radius 2 is 1.90 bits per heavy atom. The number of carbonyl (C=O) groups is 2. The molecule has 0 aliphatic carbocycles. The molecule has 0 bridgehead atoms. The van der Waals surface area contributed by atoms with Gasteiger partial charge in [-0.05, 0) is 55.8 Å². The molecule has 0 aromatic heterocycles. The summed E-state index contributed by atoms with van der Waals surface area (Å²) in [6.45, 7) is 6.31. The first-order valence-electron chi connectivity index (χ1n) is 9.18. The number of fused-ring (bicyclic) bond motifs is 1. The van der Waals surface area contributed by atoms with Crippen LogP contribution in [0.25, 0.3) is 0 Å². The number of likely N-dealkylation sites (N-methyl/N-ethyl adjacent to an activating group) is 1. The summed E-state index contributed by atoms with van der Waals surface area (Å²) in [6.07, 6.45) is 0. The zero-order valence-electron chi connectivity index (χ0n) is 16.5. The van der Waals surface area contributed by atoms with Gasteiger partial charge in [0.15, 0.2) is 0 Å². The van der Waals surface area contributed by atoms with Crippen LogP contribution in [0.4, 0.5) is 11.4 Å². The quantitative estimate of drug-likeness (QED) is 0.778. The van der Waals surface area contributed by atoms with Crippen LogP contribution in [0.1, 0.15) is 29.8 Å². The van der Waals surface area contributed by atoms with Gasteiger partial charge in [0.2, 0.25) is 5.91 Å². The molecule has 0 atom stereocenters. The van der Waals surface area contributed by atoms with Crippen molar-refractivity contribution in [2.75, 3.05) is 29.7 Å². The van der Waals surface area contributed by atoms with E-state index in [1.54, 1.807) is 30.0 Å². The molecule has 0 spiro atoms. The zero-order chi connectivity index (χ0) is 21.2. The van der Waals surface area contributed by atoms with Crippen molar-refractivity contribution in [1.82, 2.24) is 4.90 Å². The topological polar surface area (TPSA) is 105 Å². The van der Waals surface area contributed by atoms with Gasteiger partial charge in [-0.15, -0.1) is 0 Å². The summed E-state index contributed by atoms with van der Waals surface area (Å²) in [4.78, 5) is 25.6. The Morgan fingerprint density at radius 1 is 1.17 bits per heavy atom. The van der Waals surface area contributed by atoms with Gasteiger partial charge in [-0.1, -0.05) is 0 Å². The average Bonchev–Trinajstić information content (AvgIpc) is 2.79. The summed E-state index contributed by atoms with van der Waals surface area (Å²) in [5.41, 5.74) is 1.59. The summed E-state index contributed by atoms with van der Waals surface area (Å²) in [6, 6.07) is 9.19. The lowest BCUT2D eigenvalue weighted by molar-refractivity contribution is -0.114. The Kier molecular flexibility index (Phi) is 5.78. The Balaban J connectivity index is 1.90. The summed E-state index contributed by atoms with van der Waals surface area (Å²) in [7, 11) is -3.89. The van der Waals surface area contributed by atoms with Crippen molar-refractivity contribution in [3.05, 3.63) is 47.5 Å². The second-order valence-corrected chi connectivity index (χ2v) is 8.36. The van der Waals surface area contributed by atoms with Crippen LogP contribution in [0.5, 0.6) is 5.75 Å². The fraction of sp³-hybridized carbons (Fsp3) is 0.300. The number of nitrogens with one attached hydrogen (secondary N) is 2. The molecule has 0 radical (unpaired) electrons. The third-order valence-electron chi connectivity index (χ3n) is 4.53. The Labute approximate surface area is 169 Å². The molecule has 2 aromatic carbocycles. The van der Waals surface area contributed by atoms with Gasteiger partial charge in [0, 0.05) is 24.8 Å². The number of benzene rings is 2. The van der Waals surface area contributed by atoms with E-state index < -0.39 is 10.0 Å². The zero-order valence-corrected chi connectivity index (χ0v) is 17.3. The van der Waals surface area contributed by atoms with Crippen LogP contribution in [0.3, 0.4) is 0 Å². The van der Waals surface area contributed by atoms with Gasteiger partial charge in [-0.3, -0.25) is 14.3 Å². The molecule has 29 heavy (non-hydrogen) atoms. The highest BCUT2D eigenvalue weighted by Gasteiger charge is 2.24. The number of carbonyl (C=O) groups excluding carboxylic acids is 2. The summed E-state index contributed by atoms with van der Waals surface area (Å²) >= 11 is 0. The lowest BCUT2D eigenvalue weighted by Crippen LogP contribution is -2.32. The van der Waals surface area contributed by atoms with Gasteiger partial charge >= 0.3 is 0 Å². The predicted molar refractivity (Wildman–Crippen MR) is 110 cm³/mol. The fourth-order valence-corrected chi connectivity index (χ4v) is 4.45. The number of ether oxygens (including phenoxy) is 1. The van der Waals surface area contributed by atoms with Crippen molar-refractivity contribution >= 4 is 33.2 Å². The largest absolute Gasteiger partial charge is 0.491 e. The highest BCUT2D eigenvalue weighted by Crippen LogP contribution is 2.28. The van der Waals surface area contributed by atoms with Crippen molar-refractivity contribution < 1.29 is 22.7 Å². The number of nitrogens with zero attached hydrogens (tertiary/aromatic N) is 1. The fourth-order valence-electron chi connectivity index (χ4n) is 3.17. The van der Waals surface area contributed by atoms with E-state index in [0.29, 0.717) is 42.3 Å². The van der Waals surface area contributed by atoms with Crippen LogP contribution in [0.15, 0.2) is 41.3 Å². The van der Waals surface area contributed by atoms with E-state index in [1.165, 1.54) is 25.1 Å². The second kappa shape index (κ2) is 8.12. The van der Waals surface area contributed by atoms with Crippen molar-refractivity contribution in [3.8, 4) is 5.75 Å². The normalized spacial score (nSPS) is 13.9. The molecule has 2 N–H and O–H groups in total. The Morgan fingerprint density at radius 3 is 2.55 bits per heavy atom. The molecule has 0 saturated heterocycles. The molecule has 0 saturated carbocycles. The smallest absolute Gasteiger partial charge is 0.262 e. The summed E-state index contributed by atoms with van der Waals surface area (Å²) in [5.74, 6) is -0.00209. The van der Waals surface area contributed by atoms with Crippen molar-refractivity contribution in [2.24, 2.45) is 0 Å². The van der Waals surface area contributed by atoms with Gasteiger partial charge in [-0.2, -0.15) is 0 Å². The van der Waals surface area contributed by atoms with Crippen molar-refractivity contribution in [2.45, 2.75) is 25.7 Å². The highest BCUT2D eigenvalue weighted by molar-refractivity contribution is 7.92. The van der Waals surface area contributed by atoms with Crippen molar-refractivity contribution in [3.63, 3.8) is 0 Å². The minimum absolute atomic E-state index is 0.0827. The van der Waals surface area contributed by atoms with Crippen LogP contribution in [0, 0.1) is 6.92 Å². The molecule has 2 aromatic rings. The summed E-state index contributed by atoms with van der Waals surface area (Å²) < 4.78 is 33.9. The molecule has 3 rings (SSSR count). The van der Waals surface area contributed by atoms with Gasteiger partial charge in [0.25, 0.3) is 15.9 Å². The minimum Gasteiger partial charge on any atom is -0.491 e. The number of sulfonamides is 1. The van der Waals surface area contributed by atoms with Crippen LogP contribution in [-0.2, 0) is 14.8 Å². The lowest BCUT2D eigenvalue weighted by atomic mass is 10.1. The van der Waals surface area contributed by atoms with Gasteiger partial charge in [0.1, 0.15) is 12.4 Å².